The summed E-state index contributed by atoms with van der Waals surface area (Å²) in [6.45, 7) is 1.64. The highest BCUT2D eigenvalue weighted by atomic mass is 16.2. The summed E-state index contributed by atoms with van der Waals surface area (Å²) < 4.78 is 0. The molecule has 6 nitrogen and oxygen atoms in total. The fraction of sp³-hybridized carbons (Fsp3) is 0.353. The number of carbonyl (C=O) groups is 1. The molecule has 3 aromatic rings. The Morgan fingerprint density at radius 2 is 2.30 bits per heavy atom. The summed E-state index contributed by atoms with van der Waals surface area (Å²) in [4.78, 5) is 22.0. The van der Waals surface area contributed by atoms with Gasteiger partial charge in [0.15, 0.2) is 0 Å². The van der Waals surface area contributed by atoms with Crippen molar-refractivity contribution in [2.75, 3.05) is 13.1 Å². The molecule has 3 heterocycles. The van der Waals surface area contributed by atoms with Gasteiger partial charge in [-0.2, -0.15) is 5.10 Å². The first-order valence-electron chi connectivity index (χ1n) is 8.00. The molecule has 1 aromatic carbocycles. The maximum atomic E-state index is 12.8. The van der Waals surface area contributed by atoms with Crippen molar-refractivity contribution >= 4 is 16.9 Å². The van der Waals surface area contributed by atoms with Crippen molar-refractivity contribution < 1.29 is 4.79 Å². The van der Waals surface area contributed by atoms with E-state index in [4.69, 9.17) is 0 Å². The lowest BCUT2D eigenvalue weighted by Gasteiger charge is -2.32. The van der Waals surface area contributed by atoms with Crippen LogP contribution in [0.1, 0.15) is 28.9 Å². The van der Waals surface area contributed by atoms with Crippen LogP contribution in [-0.2, 0) is 6.42 Å². The summed E-state index contributed by atoms with van der Waals surface area (Å²) >= 11 is 0. The minimum Gasteiger partial charge on any atom is -0.345 e. The number of amides is 1. The molecule has 1 unspecified atom stereocenters. The van der Waals surface area contributed by atoms with Crippen LogP contribution in [0.4, 0.5) is 0 Å². The normalized spacial score (nSPS) is 18.4. The largest absolute Gasteiger partial charge is 0.345 e. The van der Waals surface area contributed by atoms with Gasteiger partial charge in [-0.1, -0.05) is 0 Å². The lowest BCUT2D eigenvalue weighted by molar-refractivity contribution is 0.0673. The second-order valence-corrected chi connectivity index (χ2v) is 6.18. The van der Waals surface area contributed by atoms with E-state index in [2.05, 4.69) is 20.2 Å². The molecule has 1 aliphatic heterocycles. The van der Waals surface area contributed by atoms with Gasteiger partial charge >= 0.3 is 0 Å². The molecular formula is C17H19N5O. The van der Waals surface area contributed by atoms with Crippen molar-refractivity contribution in [1.82, 2.24) is 25.1 Å². The highest BCUT2D eigenvalue weighted by molar-refractivity contribution is 5.97. The third-order valence-electron chi connectivity index (χ3n) is 4.54. The van der Waals surface area contributed by atoms with E-state index >= 15 is 0 Å². The predicted octanol–water partition coefficient (Wildman–Crippen LogP) is 2.38. The van der Waals surface area contributed by atoms with E-state index in [9.17, 15) is 4.79 Å². The molecule has 1 amide bonds. The maximum absolute atomic E-state index is 12.8. The molecule has 4 rings (SSSR count). The fourth-order valence-electron chi connectivity index (χ4n) is 3.38. The molecule has 2 aromatic heterocycles. The van der Waals surface area contributed by atoms with Gasteiger partial charge in [0, 0.05) is 30.5 Å². The van der Waals surface area contributed by atoms with Crippen molar-refractivity contribution in [2.45, 2.75) is 19.3 Å². The first-order valence-corrected chi connectivity index (χ1v) is 8.00. The standard InChI is InChI=1S/C17H19N5O/c23-17(13-3-4-15-16(9-13)19-11-18-15)22-7-1-2-12(10-22)8-14-5-6-20-21-14/h3-6,9,11-12H,1-2,7-8,10H2,(H,18,19)(H,20,21). The molecule has 0 radical (unpaired) electrons. The second-order valence-electron chi connectivity index (χ2n) is 6.18. The maximum Gasteiger partial charge on any atom is 0.253 e. The highest BCUT2D eigenvalue weighted by Gasteiger charge is 2.25. The number of H-pyrrole nitrogens is 2. The van der Waals surface area contributed by atoms with Gasteiger partial charge in [0.05, 0.1) is 17.4 Å². The van der Waals surface area contributed by atoms with Gasteiger partial charge in [0.25, 0.3) is 5.91 Å². The van der Waals surface area contributed by atoms with Gasteiger partial charge in [0.1, 0.15) is 0 Å². The number of piperidine rings is 1. The highest BCUT2D eigenvalue weighted by Crippen LogP contribution is 2.22. The topological polar surface area (TPSA) is 77.7 Å². The molecular weight excluding hydrogens is 290 g/mol. The number of hydrogen-bond donors (Lipinski definition) is 2. The Morgan fingerprint density at radius 1 is 1.35 bits per heavy atom. The van der Waals surface area contributed by atoms with Gasteiger partial charge in [-0.25, -0.2) is 4.98 Å². The number of fused-ring (bicyclic) bond motifs is 1. The van der Waals surface area contributed by atoms with Crippen LogP contribution in [0.15, 0.2) is 36.8 Å². The second kappa shape index (κ2) is 5.87. The fourth-order valence-corrected chi connectivity index (χ4v) is 3.38. The van der Waals surface area contributed by atoms with E-state index in [-0.39, 0.29) is 5.91 Å². The summed E-state index contributed by atoms with van der Waals surface area (Å²) in [5.74, 6) is 0.597. The third kappa shape index (κ3) is 2.84. The van der Waals surface area contributed by atoms with Gasteiger partial charge < -0.3 is 9.88 Å². The molecule has 23 heavy (non-hydrogen) atoms. The van der Waals surface area contributed by atoms with Crippen LogP contribution >= 0.6 is 0 Å². The van der Waals surface area contributed by atoms with Crippen LogP contribution in [0.25, 0.3) is 11.0 Å². The Bertz CT molecular complexity index is 807. The number of benzene rings is 1. The van der Waals surface area contributed by atoms with E-state index < -0.39 is 0 Å². The zero-order valence-electron chi connectivity index (χ0n) is 12.8. The SMILES string of the molecule is O=C(c1ccc2nc[nH]c2c1)N1CCCC(Cc2ccn[nH]2)C1. The van der Waals surface area contributed by atoms with Gasteiger partial charge in [-0.15, -0.1) is 0 Å². The minimum atomic E-state index is 0.107. The number of likely N-dealkylation sites (tertiary alicyclic amines) is 1. The van der Waals surface area contributed by atoms with E-state index in [1.165, 1.54) is 0 Å². The van der Waals surface area contributed by atoms with Crippen LogP contribution in [0.5, 0.6) is 0 Å². The molecule has 0 saturated carbocycles. The van der Waals surface area contributed by atoms with E-state index in [1.807, 2.05) is 29.2 Å². The van der Waals surface area contributed by atoms with Crippen molar-refractivity contribution in [3.8, 4) is 0 Å². The summed E-state index contributed by atoms with van der Waals surface area (Å²) in [7, 11) is 0. The van der Waals surface area contributed by atoms with Crippen molar-refractivity contribution in [3.05, 3.63) is 48.0 Å². The number of aromatic amines is 2. The van der Waals surface area contributed by atoms with Gasteiger partial charge in [-0.3, -0.25) is 9.89 Å². The summed E-state index contributed by atoms with van der Waals surface area (Å²) in [6, 6.07) is 7.66. The number of carbonyl (C=O) groups excluding carboxylic acids is 1. The van der Waals surface area contributed by atoms with Gasteiger partial charge in [-0.05, 0) is 49.4 Å². The van der Waals surface area contributed by atoms with Crippen LogP contribution in [0, 0.1) is 5.92 Å². The summed E-state index contributed by atoms with van der Waals surface area (Å²) in [6.07, 6.45) is 6.59. The Hall–Kier alpha value is -2.63. The Balaban J connectivity index is 1.48. The first kappa shape index (κ1) is 14.0. The average Bonchev–Trinajstić information content (AvgIpc) is 3.25. The van der Waals surface area contributed by atoms with Crippen LogP contribution in [0.3, 0.4) is 0 Å². The minimum absolute atomic E-state index is 0.107. The molecule has 1 fully saturated rings. The smallest absolute Gasteiger partial charge is 0.253 e. The van der Waals surface area contributed by atoms with Crippen LogP contribution < -0.4 is 0 Å². The van der Waals surface area contributed by atoms with Crippen LogP contribution in [-0.4, -0.2) is 44.1 Å². The Morgan fingerprint density at radius 3 is 3.17 bits per heavy atom. The number of rotatable bonds is 3. The molecule has 2 N–H and O–H groups in total. The van der Waals surface area contributed by atoms with E-state index in [0.717, 1.165) is 54.6 Å². The Labute approximate surface area is 133 Å². The number of aromatic nitrogens is 4. The number of imidazole rings is 1. The summed E-state index contributed by atoms with van der Waals surface area (Å²) in [5.41, 5.74) is 3.66. The van der Waals surface area contributed by atoms with Crippen molar-refractivity contribution in [1.29, 1.82) is 0 Å². The molecule has 1 saturated heterocycles. The monoisotopic (exact) mass is 309 g/mol. The van der Waals surface area contributed by atoms with Gasteiger partial charge in [0.2, 0.25) is 0 Å². The summed E-state index contributed by atoms with van der Waals surface area (Å²) in [5, 5.41) is 7.01. The van der Waals surface area contributed by atoms with Crippen LogP contribution in [0.2, 0.25) is 0 Å². The van der Waals surface area contributed by atoms with E-state index in [0.29, 0.717) is 5.92 Å². The third-order valence-corrected chi connectivity index (χ3v) is 4.54. The average molecular weight is 309 g/mol. The molecule has 0 bridgehead atoms. The van der Waals surface area contributed by atoms with Crippen molar-refractivity contribution in [3.63, 3.8) is 0 Å². The molecule has 118 valence electrons. The lowest BCUT2D eigenvalue weighted by atomic mass is 9.93. The van der Waals surface area contributed by atoms with Crippen molar-refractivity contribution in [2.24, 2.45) is 5.92 Å². The zero-order chi connectivity index (χ0) is 15.6. The quantitative estimate of drug-likeness (QED) is 0.780. The van der Waals surface area contributed by atoms with E-state index in [1.54, 1.807) is 12.5 Å². The lowest BCUT2D eigenvalue weighted by Crippen LogP contribution is -2.40. The molecule has 0 aliphatic carbocycles. The zero-order valence-corrected chi connectivity index (χ0v) is 12.8. The molecule has 1 aliphatic rings. The predicted molar refractivity (Wildman–Crippen MR) is 87.0 cm³/mol. The number of nitrogens with zero attached hydrogens (tertiary/aromatic N) is 3. The number of nitrogens with one attached hydrogen (secondary N) is 2. The number of hydrogen-bond acceptors (Lipinski definition) is 3. The molecule has 1 atom stereocenters. The molecule has 0 spiro atoms. The first-order chi connectivity index (χ1) is 11.3. The Kier molecular flexibility index (Phi) is 3.57. The molecule has 6 heteroatoms.